The molecule has 3 nitrogen and oxygen atoms in total. The minimum atomic E-state index is -4.50. The van der Waals surface area contributed by atoms with Gasteiger partial charge in [-0.05, 0) is 49.4 Å². The minimum absolute atomic E-state index is 0.0922. The summed E-state index contributed by atoms with van der Waals surface area (Å²) in [5.74, 6) is -0.766. The molecule has 0 aromatic heterocycles. The van der Waals surface area contributed by atoms with Gasteiger partial charge in [0, 0.05) is 16.8 Å². The molecule has 2 aromatic carbocycles. The van der Waals surface area contributed by atoms with E-state index in [0.29, 0.717) is 11.3 Å². The van der Waals surface area contributed by atoms with Crippen LogP contribution < -0.4 is 5.32 Å². The number of nitrogens with one attached hydrogen (secondary N) is 1. The molecular formula is C16H12F3NO2. The highest BCUT2D eigenvalue weighted by molar-refractivity contribution is 6.04. The lowest BCUT2D eigenvalue weighted by Crippen LogP contribution is -2.14. The quantitative estimate of drug-likeness (QED) is 0.865. The Hall–Kier alpha value is -2.63. The van der Waals surface area contributed by atoms with E-state index >= 15 is 0 Å². The third kappa shape index (κ3) is 3.72. The van der Waals surface area contributed by atoms with Crippen molar-refractivity contribution in [3.05, 3.63) is 65.2 Å². The van der Waals surface area contributed by atoms with E-state index in [1.54, 1.807) is 0 Å². The van der Waals surface area contributed by atoms with Crippen LogP contribution in [0.2, 0.25) is 0 Å². The molecule has 2 rings (SSSR count). The molecule has 114 valence electrons. The summed E-state index contributed by atoms with van der Waals surface area (Å²) >= 11 is 0. The summed E-state index contributed by atoms with van der Waals surface area (Å²) in [5, 5.41) is 2.49. The van der Waals surface area contributed by atoms with Crippen LogP contribution in [0, 0.1) is 0 Å². The highest BCUT2D eigenvalue weighted by Gasteiger charge is 2.30. The molecule has 0 saturated carbocycles. The molecule has 0 heterocycles. The fourth-order valence-electron chi connectivity index (χ4n) is 1.83. The van der Waals surface area contributed by atoms with Gasteiger partial charge in [0.1, 0.15) is 0 Å². The predicted molar refractivity (Wildman–Crippen MR) is 75.8 cm³/mol. The Labute approximate surface area is 124 Å². The maximum absolute atomic E-state index is 12.6. The topological polar surface area (TPSA) is 46.2 Å². The Morgan fingerprint density at radius 3 is 2.14 bits per heavy atom. The standard InChI is InChI=1S/C16H12F3NO2/c1-10(21)11-5-7-14(8-6-11)20-15(22)12-3-2-4-13(9-12)16(17,18)19/h2-9H,1H3,(H,20,22). The van der Waals surface area contributed by atoms with Gasteiger partial charge < -0.3 is 5.32 Å². The van der Waals surface area contributed by atoms with E-state index in [4.69, 9.17) is 0 Å². The number of alkyl halides is 3. The van der Waals surface area contributed by atoms with Crippen molar-refractivity contribution in [2.45, 2.75) is 13.1 Å². The van der Waals surface area contributed by atoms with Gasteiger partial charge in [0.25, 0.3) is 5.91 Å². The summed E-state index contributed by atoms with van der Waals surface area (Å²) in [6, 6.07) is 10.3. The van der Waals surface area contributed by atoms with Crippen LogP contribution in [0.3, 0.4) is 0 Å². The number of benzene rings is 2. The molecule has 0 bridgehead atoms. The zero-order valence-corrected chi connectivity index (χ0v) is 11.6. The minimum Gasteiger partial charge on any atom is -0.322 e. The zero-order valence-electron chi connectivity index (χ0n) is 11.6. The van der Waals surface area contributed by atoms with Gasteiger partial charge in [-0.2, -0.15) is 13.2 Å². The van der Waals surface area contributed by atoms with Gasteiger partial charge in [-0.15, -0.1) is 0 Å². The van der Waals surface area contributed by atoms with Crippen molar-refractivity contribution in [2.75, 3.05) is 5.32 Å². The third-order valence-electron chi connectivity index (χ3n) is 3.00. The van der Waals surface area contributed by atoms with Crippen LogP contribution in [0.4, 0.5) is 18.9 Å². The van der Waals surface area contributed by atoms with E-state index in [0.717, 1.165) is 12.1 Å². The summed E-state index contributed by atoms with van der Waals surface area (Å²) < 4.78 is 37.8. The Morgan fingerprint density at radius 2 is 1.59 bits per heavy atom. The smallest absolute Gasteiger partial charge is 0.322 e. The van der Waals surface area contributed by atoms with Crippen molar-refractivity contribution in [1.82, 2.24) is 0 Å². The lowest BCUT2D eigenvalue weighted by Gasteiger charge is -2.09. The molecule has 0 aliphatic carbocycles. The second-order valence-electron chi connectivity index (χ2n) is 4.67. The number of anilines is 1. The Balaban J connectivity index is 2.17. The van der Waals surface area contributed by atoms with Crippen molar-refractivity contribution < 1.29 is 22.8 Å². The van der Waals surface area contributed by atoms with Gasteiger partial charge in [-0.25, -0.2) is 0 Å². The molecule has 0 fully saturated rings. The number of ketones is 1. The molecule has 0 unspecified atom stereocenters. The van der Waals surface area contributed by atoms with Crippen LogP contribution in [0.25, 0.3) is 0 Å². The Morgan fingerprint density at radius 1 is 0.955 bits per heavy atom. The van der Waals surface area contributed by atoms with Crippen molar-refractivity contribution in [2.24, 2.45) is 0 Å². The van der Waals surface area contributed by atoms with Crippen molar-refractivity contribution in [3.8, 4) is 0 Å². The van der Waals surface area contributed by atoms with Gasteiger partial charge in [0.05, 0.1) is 5.56 Å². The van der Waals surface area contributed by atoms with Crippen LogP contribution in [0.5, 0.6) is 0 Å². The van der Waals surface area contributed by atoms with E-state index in [2.05, 4.69) is 5.32 Å². The van der Waals surface area contributed by atoms with E-state index < -0.39 is 17.6 Å². The molecule has 2 aromatic rings. The SMILES string of the molecule is CC(=O)c1ccc(NC(=O)c2cccc(C(F)(F)F)c2)cc1. The highest BCUT2D eigenvalue weighted by atomic mass is 19.4. The number of rotatable bonds is 3. The van der Waals surface area contributed by atoms with Gasteiger partial charge in [-0.1, -0.05) is 6.07 Å². The van der Waals surface area contributed by atoms with Crippen molar-refractivity contribution >= 4 is 17.4 Å². The molecule has 0 radical (unpaired) electrons. The van der Waals surface area contributed by atoms with E-state index in [1.807, 2.05) is 0 Å². The number of hydrogen-bond donors (Lipinski definition) is 1. The van der Waals surface area contributed by atoms with Crippen molar-refractivity contribution in [3.63, 3.8) is 0 Å². The molecule has 0 spiro atoms. The molecule has 6 heteroatoms. The lowest BCUT2D eigenvalue weighted by molar-refractivity contribution is -0.137. The van der Waals surface area contributed by atoms with E-state index in [-0.39, 0.29) is 11.3 Å². The maximum atomic E-state index is 12.6. The molecule has 1 N–H and O–H groups in total. The van der Waals surface area contributed by atoms with Gasteiger partial charge >= 0.3 is 6.18 Å². The second kappa shape index (κ2) is 6.01. The molecular weight excluding hydrogens is 295 g/mol. The number of halogens is 3. The molecule has 1 amide bonds. The Bertz CT molecular complexity index is 706. The molecule has 22 heavy (non-hydrogen) atoms. The zero-order chi connectivity index (χ0) is 16.3. The first kappa shape index (κ1) is 15.8. The van der Waals surface area contributed by atoms with Crippen LogP contribution >= 0.6 is 0 Å². The molecule has 0 atom stereocenters. The van der Waals surface area contributed by atoms with E-state index in [9.17, 15) is 22.8 Å². The van der Waals surface area contributed by atoms with Gasteiger partial charge in [-0.3, -0.25) is 9.59 Å². The van der Waals surface area contributed by atoms with Crippen molar-refractivity contribution in [1.29, 1.82) is 0 Å². The first-order valence-corrected chi connectivity index (χ1v) is 6.37. The fourth-order valence-corrected chi connectivity index (χ4v) is 1.83. The van der Waals surface area contributed by atoms with E-state index in [1.165, 1.54) is 43.3 Å². The normalized spacial score (nSPS) is 11.1. The summed E-state index contributed by atoms with van der Waals surface area (Å²) in [5.41, 5.74) is -0.0953. The number of Topliss-reactive ketones (excluding diaryl/α,β-unsaturated/α-hetero) is 1. The van der Waals surface area contributed by atoms with Crippen LogP contribution in [-0.4, -0.2) is 11.7 Å². The van der Waals surface area contributed by atoms with Gasteiger partial charge in [0.2, 0.25) is 0 Å². The Kier molecular flexibility index (Phi) is 4.30. The fraction of sp³-hybridized carbons (Fsp3) is 0.125. The summed E-state index contributed by atoms with van der Waals surface area (Å²) in [6.07, 6.45) is -4.50. The number of hydrogen-bond acceptors (Lipinski definition) is 2. The van der Waals surface area contributed by atoms with Gasteiger partial charge in [0.15, 0.2) is 5.78 Å². The van der Waals surface area contributed by atoms with Crippen LogP contribution in [0.15, 0.2) is 48.5 Å². The lowest BCUT2D eigenvalue weighted by atomic mass is 10.1. The monoisotopic (exact) mass is 307 g/mol. The first-order chi connectivity index (χ1) is 10.3. The summed E-state index contributed by atoms with van der Waals surface area (Å²) in [7, 11) is 0. The first-order valence-electron chi connectivity index (χ1n) is 6.37. The summed E-state index contributed by atoms with van der Waals surface area (Å²) in [6.45, 7) is 1.41. The number of carbonyl (C=O) groups excluding carboxylic acids is 2. The maximum Gasteiger partial charge on any atom is 0.416 e. The average molecular weight is 307 g/mol. The molecule has 0 saturated heterocycles. The van der Waals surface area contributed by atoms with Crippen LogP contribution in [0.1, 0.15) is 33.2 Å². The number of amides is 1. The largest absolute Gasteiger partial charge is 0.416 e. The third-order valence-corrected chi connectivity index (χ3v) is 3.00. The van der Waals surface area contributed by atoms with Crippen LogP contribution in [-0.2, 0) is 6.18 Å². The molecule has 0 aliphatic rings. The highest BCUT2D eigenvalue weighted by Crippen LogP contribution is 2.29. The second-order valence-corrected chi connectivity index (χ2v) is 4.67. The number of carbonyl (C=O) groups is 2. The average Bonchev–Trinajstić information content (AvgIpc) is 2.47. The molecule has 0 aliphatic heterocycles. The summed E-state index contributed by atoms with van der Waals surface area (Å²) in [4.78, 5) is 23.1. The predicted octanol–water partition coefficient (Wildman–Crippen LogP) is 4.16.